The highest BCUT2D eigenvalue weighted by Crippen LogP contribution is 2.26. The molecule has 1 heterocycles. The number of rotatable bonds is 10. The van der Waals surface area contributed by atoms with E-state index in [1.165, 1.54) is 11.8 Å². The summed E-state index contributed by atoms with van der Waals surface area (Å²) in [6.45, 7) is 3.07. The zero-order valence-electron chi connectivity index (χ0n) is 20.4. The van der Waals surface area contributed by atoms with Crippen molar-refractivity contribution in [2.75, 3.05) is 23.0 Å². The third-order valence-corrected chi connectivity index (χ3v) is 6.66. The van der Waals surface area contributed by atoms with Gasteiger partial charge in [-0.15, -0.1) is 10.2 Å². The van der Waals surface area contributed by atoms with Gasteiger partial charge < -0.3 is 15.4 Å². The van der Waals surface area contributed by atoms with Crippen molar-refractivity contribution in [1.82, 2.24) is 14.8 Å². The number of hydrogen-bond donors (Lipinski definition) is 2. The van der Waals surface area contributed by atoms with Crippen LogP contribution in [0, 0.1) is 0 Å². The maximum absolute atomic E-state index is 12.9. The molecule has 8 heteroatoms. The molecular formula is C29H27N5O2S. The molecule has 1 aromatic heterocycles. The van der Waals surface area contributed by atoms with E-state index in [0.29, 0.717) is 18.3 Å². The van der Waals surface area contributed by atoms with Gasteiger partial charge in [-0.3, -0.25) is 9.36 Å². The molecule has 0 saturated carbocycles. The molecule has 0 spiro atoms. The number of carbonyl (C=O) groups excluding carboxylic acids is 1. The van der Waals surface area contributed by atoms with Crippen molar-refractivity contribution in [1.29, 1.82) is 0 Å². The van der Waals surface area contributed by atoms with Crippen LogP contribution in [-0.2, 0) is 11.3 Å². The smallest absolute Gasteiger partial charge is 0.234 e. The second kappa shape index (κ2) is 11.6. The number of nitrogens with zero attached hydrogens (tertiary/aromatic N) is 3. The van der Waals surface area contributed by atoms with Gasteiger partial charge in [0.1, 0.15) is 5.75 Å². The number of benzene rings is 4. The minimum atomic E-state index is -0.0990. The number of anilines is 2. The van der Waals surface area contributed by atoms with Crippen molar-refractivity contribution in [3.8, 4) is 11.4 Å². The molecule has 7 nitrogen and oxygen atoms in total. The van der Waals surface area contributed by atoms with Crippen molar-refractivity contribution in [2.24, 2.45) is 0 Å². The molecule has 0 radical (unpaired) electrons. The number of nitrogens with one attached hydrogen (secondary N) is 2. The summed E-state index contributed by atoms with van der Waals surface area (Å²) < 4.78 is 7.50. The highest BCUT2D eigenvalue weighted by molar-refractivity contribution is 7.99. The Morgan fingerprint density at radius 2 is 1.65 bits per heavy atom. The summed E-state index contributed by atoms with van der Waals surface area (Å²) in [5, 5.41) is 18.0. The zero-order chi connectivity index (χ0) is 25.5. The molecule has 186 valence electrons. The Bertz CT molecular complexity index is 1480. The van der Waals surface area contributed by atoms with E-state index in [1.54, 1.807) is 0 Å². The van der Waals surface area contributed by atoms with Crippen LogP contribution in [0.5, 0.6) is 5.75 Å². The van der Waals surface area contributed by atoms with E-state index >= 15 is 0 Å². The lowest BCUT2D eigenvalue weighted by Gasteiger charge is -2.12. The minimum absolute atomic E-state index is 0.0990. The van der Waals surface area contributed by atoms with E-state index in [-0.39, 0.29) is 11.7 Å². The predicted molar refractivity (Wildman–Crippen MR) is 150 cm³/mol. The lowest BCUT2D eigenvalue weighted by molar-refractivity contribution is -0.113. The molecule has 1 amide bonds. The van der Waals surface area contributed by atoms with Gasteiger partial charge in [-0.05, 0) is 54.8 Å². The maximum Gasteiger partial charge on any atom is 0.234 e. The Morgan fingerprint density at radius 3 is 2.46 bits per heavy atom. The third kappa shape index (κ3) is 5.92. The van der Waals surface area contributed by atoms with Crippen LogP contribution >= 0.6 is 11.8 Å². The van der Waals surface area contributed by atoms with Gasteiger partial charge in [0.25, 0.3) is 0 Å². The molecule has 0 aliphatic heterocycles. The standard InChI is InChI=1S/C29H27N5O2S/c1-2-36-24-17-15-22(16-18-24)30-19-27-32-33-29(34(27)23-11-4-3-5-12-23)37-20-28(35)31-26-14-8-10-21-9-6-7-13-25(21)26/h3-18,30H,2,19-20H2,1H3,(H,31,35). The van der Waals surface area contributed by atoms with Crippen LogP contribution in [0.3, 0.4) is 0 Å². The van der Waals surface area contributed by atoms with Crippen molar-refractivity contribution in [2.45, 2.75) is 18.6 Å². The second-order valence-corrected chi connectivity index (χ2v) is 9.19. The average Bonchev–Trinajstić information content (AvgIpc) is 3.35. The summed E-state index contributed by atoms with van der Waals surface area (Å²) in [5.41, 5.74) is 2.69. The first-order valence-electron chi connectivity index (χ1n) is 12.1. The first kappa shape index (κ1) is 24.4. The number of aromatic nitrogens is 3. The van der Waals surface area contributed by atoms with Gasteiger partial charge in [-0.25, -0.2) is 0 Å². The first-order valence-corrected chi connectivity index (χ1v) is 13.1. The van der Waals surface area contributed by atoms with Crippen LogP contribution in [0.25, 0.3) is 16.5 Å². The summed E-state index contributed by atoms with van der Waals surface area (Å²) in [7, 11) is 0. The van der Waals surface area contributed by atoms with E-state index in [2.05, 4.69) is 20.8 Å². The number of para-hydroxylation sites is 1. The lowest BCUT2D eigenvalue weighted by atomic mass is 10.1. The number of ether oxygens (including phenoxy) is 1. The maximum atomic E-state index is 12.9. The van der Waals surface area contributed by atoms with Crippen LogP contribution in [0.1, 0.15) is 12.7 Å². The van der Waals surface area contributed by atoms with Crippen molar-refractivity contribution in [3.63, 3.8) is 0 Å². The minimum Gasteiger partial charge on any atom is -0.494 e. The molecule has 37 heavy (non-hydrogen) atoms. The molecule has 2 N–H and O–H groups in total. The predicted octanol–water partition coefficient (Wildman–Crippen LogP) is 6.16. The summed E-state index contributed by atoms with van der Waals surface area (Å²) in [6.07, 6.45) is 0. The van der Waals surface area contributed by atoms with Crippen LogP contribution in [-0.4, -0.2) is 33.0 Å². The topological polar surface area (TPSA) is 81.1 Å². The summed E-state index contributed by atoms with van der Waals surface area (Å²) in [4.78, 5) is 12.9. The molecule has 0 aliphatic rings. The molecule has 0 saturated heterocycles. The Morgan fingerprint density at radius 1 is 0.892 bits per heavy atom. The average molecular weight is 510 g/mol. The number of amides is 1. The lowest BCUT2D eigenvalue weighted by Crippen LogP contribution is -2.15. The molecule has 4 aromatic carbocycles. The fraction of sp³-hybridized carbons (Fsp3) is 0.138. The van der Waals surface area contributed by atoms with Gasteiger partial charge in [0, 0.05) is 22.4 Å². The molecular weight excluding hydrogens is 482 g/mol. The SMILES string of the molecule is CCOc1ccc(NCc2nnc(SCC(=O)Nc3cccc4ccccc34)n2-c2ccccc2)cc1. The third-order valence-electron chi connectivity index (χ3n) is 5.73. The van der Waals surface area contributed by atoms with E-state index in [1.807, 2.05) is 109 Å². The van der Waals surface area contributed by atoms with Crippen LogP contribution < -0.4 is 15.4 Å². The second-order valence-electron chi connectivity index (χ2n) is 8.24. The molecule has 0 bridgehead atoms. The fourth-order valence-electron chi connectivity index (χ4n) is 4.01. The quantitative estimate of drug-likeness (QED) is 0.219. The van der Waals surface area contributed by atoms with E-state index in [4.69, 9.17) is 4.74 Å². The van der Waals surface area contributed by atoms with Gasteiger partial charge >= 0.3 is 0 Å². The molecule has 0 aliphatic carbocycles. The normalized spacial score (nSPS) is 10.8. The number of hydrogen-bond acceptors (Lipinski definition) is 6. The van der Waals surface area contributed by atoms with Crippen LogP contribution in [0.15, 0.2) is 102 Å². The van der Waals surface area contributed by atoms with Gasteiger partial charge in [0.15, 0.2) is 11.0 Å². The number of fused-ring (bicyclic) bond motifs is 1. The highest BCUT2D eigenvalue weighted by atomic mass is 32.2. The molecule has 5 rings (SSSR count). The summed E-state index contributed by atoms with van der Waals surface area (Å²) >= 11 is 1.36. The van der Waals surface area contributed by atoms with Crippen molar-refractivity contribution >= 4 is 39.8 Å². The van der Waals surface area contributed by atoms with Gasteiger partial charge in [-0.2, -0.15) is 0 Å². The van der Waals surface area contributed by atoms with E-state index in [0.717, 1.165) is 39.4 Å². The summed E-state index contributed by atoms with van der Waals surface area (Å²) in [5.74, 6) is 1.69. The Kier molecular flexibility index (Phi) is 7.66. The Labute approximate surface area is 219 Å². The van der Waals surface area contributed by atoms with Gasteiger partial charge in [-0.1, -0.05) is 66.4 Å². The zero-order valence-corrected chi connectivity index (χ0v) is 21.2. The number of carbonyl (C=O) groups is 1. The van der Waals surface area contributed by atoms with Crippen LogP contribution in [0.2, 0.25) is 0 Å². The van der Waals surface area contributed by atoms with Gasteiger partial charge in [0.05, 0.1) is 18.9 Å². The molecule has 0 atom stereocenters. The monoisotopic (exact) mass is 509 g/mol. The molecule has 0 unspecified atom stereocenters. The van der Waals surface area contributed by atoms with Crippen LogP contribution in [0.4, 0.5) is 11.4 Å². The Hall–Kier alpha value is -4.30. The van der Waals surface area contributed by atoms with Gasteiger partial charge in [0.2, 0.25) is 5.91 Å². The highest BCUT2D eigenvalue weighted by Gasteiger charge is 2.16. The number of thioether (sulfide) groups is 1. The largest absolute Gasteiger partial charge is 0.494 e. The van der Waals surface area contributed by atoms with E-state index < -0.39 is 0 Å². The summed E-state index contributed by atoms with van der Waals surface area (Å²) in [6, 6.07) is 31.6. The van der Waals surface area contributed by atoms with Crippen molar-refractivity contribution in [3.05, 3.63) is 103 Å². The van der Waals surface area contributed by atoms with E-state index in [9.17, 15) is 4.79 Å². The fourth-order valence-corrected chi connectivity index (χ4v) is 4.78. The molecule has 5 aromatic rings. The Balaban J connectivity index is 1.30. The first-order chi connectivity index (χ1) is 18.2. The van der Waals surface area contributed by atoms with Crippen molar-refractivity contribution < 1.29 is 9.53 Å². The molecule has 0 fully saturated rings.